The molecule has 156 valence electrons. The minimum Gasteiger partial charge on any atom is -0.323 e. The SMILES string of the molecule is O=C(CSc1nnc(-c2ccccc2F)n1Cc1ccccc1)Nc1cccnc1Cl. The maximum Gasteiger partial charge on any atom is 0.234 e. The zero-order chi connectivity index (χ0) is 21.6. The summed E-state index contributed by atoms with van der Waals surface area (Å²) in [5.74, 6) is -0.165. The van der Waals surface area contributed by atoms with E-state index in [0.717, 1.165) is 5.56 Å². The van der Waals surface area contributed by atoms with Gasteiger partial charge >= 0.3 is 0 Å². The predicted octanol–water partition coefficient (Wildman–Crippen LogP) is 4.91. The van der Waals surface area contributed by atoms with Crippen molar-refractivity contribution >= 4 is 35.0 Å². The highest BCUT2D eigenvalue weighted by molar-refractivity contribution is 7.99. The second-order valence-electron chi connectivity index (χ2n) is 6.54. The van der Waals surface area contributed by atoms with Crippen LogP contribution in [0.2, 0.25) is 5.15 Å². The molecule has 0 saturated carbocycles. The van der Waals surface area contributed by atoms with Crippen LogP contribution in [-0.2, 0) is 11.3 Å². The van der Waals surface area contributed by atoms with Crippen LogP contribution in [0.1, 0.15) is 5.56 Å². The van der Waals surface area contributed by atoms with Gasteiger partial charge in [0.2, 0.25) is 5.91 Å². The van der Waals surface area contributed by atoms with Crippen molar-refractivity contribution in [3.8, 4) is 11.4 Å². The van der Waals surface area contributed by atoms with Crippen LogP contribution < -0.4 is 5.32 Å². The fraction of sp³-hybridized carbons (Fsp3) is 0.0909. The normalized spacial score (nSPS) is 10.8. The summed E-state index contributed by atoms with van der Waals surface area (Å²) in [5, 5.41) is 11.9. The molecule has 0 aliphatic rings. The lowest BCUT2D eigenvalue weighted by Crippen LogP contribution is -2.15. The lowest BCUT2D eigenvalue weighted by Gasteiger charge is -2.11. The minimum atomic E-state index is -0.385. The van der Waals surface area contributed by atoms with Gasteiger partial charge in [0.1, 0.15) is 5.82 Å². The molecule has 2 aromatic carbocycles. The number of halogens is 2. The molecular formula is C22H17ClFN5OS. The zero-order valence-corrected chi connectivity index (χ0v) is 17.8. The van der Waals surface area contributed by atoms with Crippen molar-refractivity contribution in [2.24, 2.45) is 0 Å². The first-order valence-electron chi connectivity index (χ1n) is 9.37. The van der Waals surface area contributed by atoms with Crippen LogP contribution in [0.25, 0.3) is 11.4 Å². The molecule has 6 nitrogen and oxygen atoms in total. The average Bonchev–Trinajstić information content (AvgIpc) is 3.17. The Bertz CT molecular complexity index is 1200. The quantitative estimate of drug-likeness (QED) is 0.318. The van der Waals surface area contributed by atoms with Gasteiger partial charge in [0.15, 0.2) is 16.1 Å². The van der Waals surface area contributed by atoms with Crippen molar-refractivity contribution in [2.75, 3.05) is 11.1 Å². The molecule has 0 radical (unpaired) electrons. The van der Waals surface area contributed by atoms with Gasteiger partial charge in [-0.15, -0.1) is 10.2 Å². The minimum absolute atomic E-state index is 0.0788. The summed E-state index contributed by atoms with van der Waals surface area (Å²) in [6.45, 7) is 0.440. The Balaban J connectivity index is 1.57. The number of carbonyl (C=O) groups excluding carboxylic acids is 1. The lowest BCUT2D eigenvalue weighted by molar-refractivity contribution is -0.113. The fourth-order valence-electron chi connectivity index (χ4n) is 2.94. The largest absolute Gasteiger partial charge is 0.323 e. The molecule has 0 fully saturated rings. The Kier molecular flexibility index (Phi) is 6.59. The zero-order valence-electron chi connectivity index (χ0n) is 16.2. The molecular weight excluding hydrogens is 437 g/mol. The van der Waals surface area contributed by atoms with Crippen molar-refractivity contribution in [3.05, 3.63) is 89.5 Å². The first-order chi connectivity index (χ1) is 15.1. The third-order valence-electron chi connectivity index (χ3n) is 4.38. The fourth-order valence-corrected chi connectivity index (χ4v) is 3.85. The molecule has 9 heteroatoms. The molecule has 0 unspecified atom stereocenters. The number of rotatable bonds is 7. The molecule has 0 aliphatic heterocycles. The molecule has 0 aliphatic carbocycles. The van der Waals surface area contributed by atoms with Gasteiger partial charge in [0, 0.05) is 6.20 Å². The Morgan fingerprint density at radius 1 is 1.03 bits per heavy atom. The monoisotopic (exact) mass is 453 g/mol. The van der Waals surface area contributed by atoms with Crippen molar-refractivity contribution in [2.45, 2.75) is 11.7 Å². The number of benzene rings is 2. The molecule has 0 atom stereocenters. The summed E-state index contributed by atoms with van der Waals surface area (Å²) < 4.78 is 16.2. The van der Waals surface area contributed by atoms with Gasteiger partial charge in [0.25, 0.3) is 0 Å². The number of nitrogens with zero attached hydrogens (tertiary/aromatic N) is 4. The molecule has 4 rings (SSSR count). The summed E-state index contributed by atoms with van der Waals surface area (Å²) >= 11 is 7.20. The van der Waals surface area contributed by atoms with Crippen LogP contribution in [0.5, 0.6) is 0 Å². The van der Waals surface area contributed by atoms with Crippen molar-refractivity contribution in [3.63, 3.8) is 0 Å². The van der Waals surface area contributed by atoms with Gasteiger partial charge in [-0.05, 0) is 29.8 Å². The van der Waals surface area contributed by atoms with Crippen molar-refractivity contribution in [1.82, 2.24) is 19.7 Å². The third-order valence-corrected chi connectivity index (χ3v) is 5.65. The molecule has 2 aromatic heterocycles. The molecule has 0 saturated heterocycles. The number of pyridine rings is 1. The number of amides is 1. The van der Waals surface area contributed by atoms with Gasteiger partial charge in [0.05, 0.1) is 23.5 Å². The number of hydrogen-bond donors (Lipinski definition) is 1. The molecule has 2 heterocycles. The van der Waals surface area contributed by atoms with E-state index in [1.54, 1.807) is 36.5 Å². The van der Waals surface area contributed by atoms with E-state index < -0.39 is 0 Å². The highest BCUT2D eigenvalue weighted by Gasteiger charge is 2.18. The number of thioether (sulfide) groups is 1. The molecule has 0 bridgehead atoms. The van der Waals surface area contributed by atoms with E-state index in [0.29, 0.717) is 28.8 Å². The second kappa shape index (κ2) is 9.72. The maximum absolute atomic E-state index is 14.4. The van der Waals surface area contributed by atoms with Crippen LogP contribution >= 0.6 is 23.4 Å². The van der Waals surface area contributed by atoms with Gasteiger partial charge in [-0.1, -0.05) is 65.8 Å². The first kappa shape index (κ1) is 21.0. The van der Waals surface area contributed by atoms with E-state index in [4.69, 9.17) is 11.6 Å². The second-order valence-corrected chi connectivity index (χ2v) is 7.84. The molecule has 31 heavy (non-hydrogen) atoms. The third kappa shape index (κ3) is 5.10. The number of hydrogen-bond acceptors (Lipinski definition) is 5. The molecule has 1 N–H and O–H groups in total. The summed E-state index contributed by atoms with van der Waals surface area (Å²) in [6.07, 6.45) is 1.54. The Morgan fingerprint density at radius 2 is 1.81 bits per heavy atom. The van der Waals surface area contributed by atoms with Crippen LogP contribution in [-0.4, -0.2) is 31.4 Å². The number of carbonyl (C=O) groups is 1. The van der Waals surface area contributed by atoms with E-state index in [1.165, 1.54) is 17.8 Å². The number of nitrogens with one attached hydrogen (secondary N) is 1. The lowest BCUT2D eigenvalue weighted by atomic mass is 10.2. The molecule has 0 spiro atoms. The van der Waals surface area contributed by atoms with Gasteiger partial charge in [-0.3, -0.25) is 9.36 Å². The topological polar surface area (TPSA) is 72.7 Å². The smallest absolute Gasteiger partial charge is 0.234 e. The summed E-state index contributed by atoms with van der Waals surface area (Å²) in [5.41, 5.74) is 1.80. The van der Waals surface area contributed by atoms with E-state index in [2.05, 4.69) is 20.5 Å². The van der Waals surface area contributed by atoms with Gasteiger partial charge < -0.3 is 5.32 Å². The van der Waals surface area contributed by atoms with Gasteiger partial charge in [-0.2, -0.15) is 0 Å². The average molecular weight is 454 g/mol. The van der Waals surface area contributed by atoms with E-state index >= 15 is 0 Å². The van der Waals surface area contributed by atoms with Crippen LogP contribution in [0.3, 0.4) is 0 Å². The number of aromatic nitrogens is 4. The molecule has 4 aromatic rings. The molecule has 1 amide bonds. The predicted molar refractivity (Wildman–Crippen MR) is 120 cm³/mol. The van der Waals surface area contributed by atoms with Crippen molar-refractivity contribution < 1.29 is 9.18 Å². The highest BCUT2D eigenvalue weighted by Crippen LogP contribution is 2.27. The van der Waals surface area contributed by atoms with Crippen molar-refractivity contribution in [1.29, 1.82) is 0 Å². The van der Waals surface area contributed by atoms with Crippen LogP contribution in [0, 0.1) is 5.82 Å². The van der Waals surface area contributed by atoms with Gasteiger partial charge in [-0.25, -0.2) is 9.37 Å². The standard InChI is InChI=1S/C22H17ClFN5OS/c23-20-18(11-6-12-25-20)26-19(30)14-31-22-28-27-21(16-9-4-5-10-17(16)24)29(22)13-15-7-2-1-3-8-15/h1-12H,13-14H2,(H,26,30). The Morgan fingerprint density at radius 3 is 2.58 bits per heavy atom. The summed E-state index contributed by atoms with van der Waals surface area (Å²) in [4.78, 5) is 16.3. The Labute approximate surface area is 187 Å². The highest BCUT2D eigenvalue weighted by atomic mass is 35.5. The van der Waals surface area contributed by atoms with E-state index in [9.17, 15) is 9.18 Å². The van der Waals surface area contributed by atoms with E-state index in [1.807, 2.05) is 34.9 Å². The Hall–Kier alpha value is -3.23. The summed E-state index contributed by atoms with van der Waals surface area (Å²) in [6, 6.07) is 19.5. The summed E-state index contributed by atoms with van der Waals surface area (Å²) in [7, 11) is 0. The number of anilines is 1. The van der Waals surface area contributed by atoms with Crippen LogP contribution in [0.4, 0.5) is 10.1 Å². The van der Waals surface area contributed by atoms with Crippen LogP contribution in [0.15, 0.2) is 78.1 Å². The maximum atomic E-state index is 14.4. The van der Waals surface area contributed by atoms with E-state index in [-0.39, 0.29) is 22.6 Å². The first-order valence-corrected chi connectivity index (χ1v) is 10.7.